The monoisotopic (exact) mass is 359 g/mol. The number of ether oxygens (including phenoxy) is 2. The van der Waals surface area contributed by atoms with E-state index in [1.807, 2.05) is 0 Å². The van der Waals surface area contributed by atoms with Gasteiger partial charge in [-0.05, 0) is 24.4 Å². The van der Waals surface area contributed by atoms with Crippen molar-refractivity contribution in [1.82, 2.24) is 24.5 Å². The molecule has 0 aliphatic rings. The van der Waals surface area contributed by atoms with Crippen molar-refractivity contribution in [1.29, 1.82) is 0 Å². The zero-order chi connectivity index (χ0) is 18.0. The minimum absolute atomic E-state index is 0.163. The highest BCUT2D eigenvalue weighted by Crippen LogP contribution is 2.32. The number of benzene rings is 1. The molecule has 130 valence electrons. The average Bonchev–Trinajstić information content (AvgIpc) is 2.96. The third-order valence-corrected chi connectivity index (χ3v) is 4.11. The number of nitrogens with zero attached hydrogens (tertiary/aromatic N) is 4. The Morgan fingerprint density at radius 3 is 2.84 bits per heavy atom. The molecule has 2 heterocycles. The van der Waals surface area contributed by atoms with E-state index >= 15 is 0 Å². The molecule has 2 aromatic heterocycles. The SMILES string of the molecule is C=CCn1c(Cn2ncc3ccc(OC)c(OC)c3c2=O)n[nH]c1=S. The summed E-state index contributed by atoms with van der Waals surface area (Å²) in [5.41, 5.74) is -0.299. The smallest absolute Gasteiger partial charge is 0.278 e. The Bertz CT molecular complexity index is 1050. The Morgan fingerprint density at radius 2 is 2.16 bits per heavy atom. The molecule has 25 heavy (non-hydrogen) atoms. The van der Waals surface area contributed by atoms with E-state index in [-0.39, 0.29) is 12.1 Å². The summed E-state index contributed by atoms with van der Waals surface area (Å²) in [5, 5.41) is 12.2. The summed E-state index contributed by atoms with van der Waals surface area (Å²) in [4.78, 5) is 12.9. The van der Waals surface area contributed by atoms with Crippen LogP contribution in [0.3, 0.4) is 0 Å². The lowest BCUT2D eigenvalue weighted by molar-refractivity contribution is 0.358. The highest BCUT2D eigenvalue weighted by Gasteiger charge is 2.16. The molecular formula is C16H17N5O3S. The van der Waals surface area contributed by atoms with E-state index < -0.39 is 0 Å². The lowest BCUT2D eigenvalue weighted by Crippen LogP contribution is -2.25. The van der Waals surface area contributed by atoms with Crippen LogP contribution in [0, 0.1) is 4.77 Å². The van der Waals surface area contributed by atoms with Crippen LogP contribution in [0.25, 0.3) is 10.8 Å². The van der Waals surface area contributed by atoms with Crippen LogP contribution in [0.1, 0.15) is 5.82 Å². The van der Waals surface area contributed by atoms with Gasteiger partial charge in [-0.3, -0.25) is 14.5 Å². The maximum atomic E-state index is 12.9. The van der Waals surface area contributed by atoms with Crippen molar-refractivity contribution in [2.45, 2.75) is 13.1 Å². The number of allylic oxidation sites excluding steroid dienone is 1. The molecule has 1 aromatic carbocycles. The predicted octanol–water partition coefficient (Wildman–Crippen LogP) is 1.90. The first-order valence-electron chi connectivity index (χ1n) is 7.46. The minimum Gasteiger partial charge on any atom is -0.493 e. The van der Waals surface area contributed by atoms with E-state index in [1.165, 1.54) is 18.9 Å². The molecule has 8 nitrogen and oxygen atoms in total. The van der Waals surface area contributed by atoms with Crippen LogP contribution in [0.5, 0.6) is 11.5 Å². The second-order valence-electron chi connectivity index (χ2n) is 5.22. The number of fused-ring (bicyclic) bond motifs is 1. The van der Waals surface area contributed by atoms with Crippen molar-refractivity contribution in [3.8, 4) is 11.5 Å². The zero-order valence-corrected chi connectivity index (χ0v) is 14.7. The highest BCUT2D eigenvalue weighted by atomic mass is 32.1. The standard InChI is InChI=1S/C16H17N5O3S/c1-4-7-20-12(18-19-16(20)25)9-21-15(22)13-10(8-17-21)5-6-11(23-2)14(13)24-3/h4-6,8H,1,7,9H2,2-3H3,(H,19,25). The Labute approximate surface area is 148 Å². The van der Waals surface area contributed by atoms with Gasteiger partial charge in [0.25, 0.3) is 5.56 Å². The van der Waals surface area contributed by atoms with Gasteiger partial charge in [0.15, 0.2) is 22.1 Å². The third kappa shape index (κ3) is 2.93. The van der Waals surface area contributed by atoms with Crippen LogP contribution < -0.4 is 15.0 Å². The summed E-state index contributed by atoms with van der Waals surface area (Å²) in [5.74, 6) is 1.45. The average molecular weight is 359 g/mol. The van der Waals surface area contributed by atoms with Crippen molar-refractivity contribution < 1.29 is 9.47 Å². The molecule has 9 heteroatoms. The molecule has 0 atom stereocenters. The van der Waals surface area contributed by atoms with Gasteiger partial charge in [-0.1, -0.05) is 6.08 Å². The molecule has 0 aliphatic carbocycles. The lowest BCUT2D eigenvalue weighted by atomic mass is 10.1. The summed E-state index contributed by atoms with van der Waals surface area (Å²) >= 11 is 5.19. The Morgan fingerprint density at radius 1 is 1.36 bits per heavy atom. The molecule has 0 saturated heterocycles. The zero-order valence-electron chi connectivity index (χ0n) is 13.9. The molecule has 0 spiro atoms. The second kappa shape index (κ2) is 6.89. The van der Waals surface area contributed by atoms with Crippen LogP contribution in [0.4, 0.5) is 0 Å². The second-order valence-corrected chi connectivity index (χ2v) is 5.60. The van der Waals surface area contributed by atoms with Crippen LogP contribution in [0.2, 0.25) is 0 Å². The van der Waals surface area contributed by atoms with Gasteiger partial charge >= 0.3 is 0 Å². The Kier molecular flexibility index (Phi) is 4.66. The normalized spacial score (nSPS) is 10.8. The van der Waals surface area contributed by atoms with Crippen LogP contribution in [-0.2, 0) is 13.1 Å². The fraction of sp³-hybridized carbons (Fsp3) is 0.250. The summed E-state index contributed by atoms with van der Waals surface area (Å²) in [7, 11) is 3.02. The molecular weight excluding hydrogens is 342 g/mol. The van der Waals surface area contributed by atoms with E-state index in [4.69, 9.17) is 21.7 Å². The largest absolute Gasteiger partial charge is 0.493 e. The molecule has 0 amide bonds. The topological polar surface area (TPSA) is 87.0 Å². The molecule has 0 unspecified atom stereocenters. The molecule has 0 radical (unpaired) electrons. The van der Waals surface area contributed by atoms with Crippen molar-refractivity contribution >= 4 is 23.0 Å². The van der Waals surface area contributed by atoms with E-state index in [2.05, 4.69) is 21.9 Å². The highest BCUT2D eigenvalue weighted by molar-refractivity contribution is 7.71. The van der Waals surface area contributed by atoms with Crippen molar-refractivity contribution in [3.63, 3.8) is 0 Å². The maximum Gasteiger partial charge on any atom is 0.278 e. The van der Waals surface area contributed by atoms with Gasteiger partial charge in [0.1, 0.15) is 6.54 Å². The van der Waals surface area contributed by atoms with Gasteiger partial charge in [0, 0.05) is 11.9 Å². The van der Waals surface area contributed by atoms with Crippen LogP contribution >= 0.6 is 12.2 Å². The maximum absolute atomic E-state index is 12.9. The number of aromatic nitrogens is 5. The summed E-state index contributed by atoms with van der Waals surface area (Å²) < 4.78 is 14.2. The molecule has 3 rings (SSSR count). The summed E-state index contributed by atoms with van der Waals surface area (Å²) in [6.07, 6.45) is 3.32. The van der Waals surface area contributed by atoms with E-state index in [0.717, 1.165) is 0 Å². The van der Waals surface area contributed by atoms with E-state index in [9.17, 15) is 4.79 Å². The van der Waals surface area contributed by atoms with Gasteiger partial charge in [0.2, 0.25) is 0 Å². The quantitative estimate of drug-likeness (QED) is 0.534. The number of aromatic amines is 1. The lowest BCUT2D eigenvalue weighted by Gasteiger charge is -2.12. The number of nitrogens with one attached hydrogen (secondary N) is 1. The van der Waals surface area contributed by atoms with Crippen molar-refractivity contribution in [2.75, 3.05) is 14.2 Å². The Balaban J connectivity index is 2.15. The minimum atomic E-state index is -0.299. The van der Waals surface area contributed by atoms with E-state index in [0.29, 0.717) is 39.4 Å². The molecule has 0 fully saturated rings. The van der Waals surface area contributed by atoms with Crippen molar-refractivity contribution in [2.24, 2.45) is 0 Å². The number of rotatable bonds is 6. The summed E-state index contributed by atoms with van der Waals surface area (Å²) in [6.45, 7) is 4.35. The first-order valence-corrected chi connectivity index (χ1v) is 7.87. The number of hydrogen-bond donors (Lipinski definition) is 1. The van der Waals surface area contributed by atoms with Gasteiger partial charge in [0.05, 0.1) is 25.8 Å². The van der Waals surface area contributed by atoms with Gasteiger partial charge < -0.3 is 9.47 Å². The number of H-pyrrole nitrogens is 1. The Hall–Kier alpha value is -2.94. The molecule has 0 aliphatic heterocycles. The van der Waals surface area contributed by atoms with Gasteiger partial charge in [-0.25, -0.2) is 4.68 Å². The summed E-state index contributed by atoms with van der Waals surface area (Å²) in [6, 6.07) is 3.51. The molecule has 0 bridgehead atoms. The first-order chi connectivity index (χ1) is 12.1. The van der Waals surface area contributed by atoms with Crippen molar-refractivity contribution in [3.05, 3.63) is 51.9 Å². The van der Waals surface area contributed by atoms with Gasteiger partial charge in [-0.15, -0.1) is 6.58 Å². The predicted molar refractivity (Wildman–Crippen MR) is 95.8 cm³/mol. The number of methoxy groups -OCH3 is 2. The van der Waals surface area contributed by atoms with Crippen LogP contribution in [0.15, 0.2) is 35.8 Å². The van der Waals surface area contributed by atoms with E-state index in [1.54, 1.807) is 29.0 Å². The fourth-order valence-corrected chi connectivity index (χ4v) is 2.84. The number of hydrogen-bond acceptors (Lipinski definition) is 6. The van der Waals surface area contributed by atoms with Gasteiger partial charge in [-0.2, -0.15) is 10.2 Å². The van der Waals surface area contributed by atoms with Crippen LogP contribution in [-0.4, -0.2) is 38.8 Å². The fourth-order valence-electron chi connectivity index (χ4n) is 2.62. The molecule has 3 aromatic rings. The molecule has 0 saturated carbocycles. The third-order valence-electron chi connectivity index (χ3n) is 3.80. The molecule has 1 N–H and O–H groups in total. The first kappa shape index (κ1) is 16.9.